The van der Waals surface area contributed by atoms with Crippen molar-refractivity contribution in [2.75, 3.05) is 17.3 Å². The molecule has 2 aromatic rings. The van der Waals surface area contributed by atoms with Gasteiger partial charge in [0, 0.05) is 23.9 Å². The molecule has 0 spiro atoms. The molecule has 1 aliphatic rings. The van der Waals surface area contributed by atoms with Gasteiger partial charge in [-0.3, -0.25) is 0 Å². The van der Waals surface area contributed by atoms with E-state index in [2.05, 4.69) is 27.5 Å². The lowest BCUT2D eigenvalue weighted by Crippen LogP contribution is -2.35. The molecule has 1 aliphatic heterocycles. The van der Waals surface area contributed by atoms with E-state index < -0.39 is 0 Å². The van der Waals surface area contributed by atoms with Crippen LogP contribution in [0.1, 0.15) is 25.7 Å². The zero-order valence-electron chi connectivity index (χ0n) is 10.3. The van der Waals surface area contributed by atoms with Crippen LogP contribution in [0.5, 0.6) is 0 Å². The summed E-state index contributed by atoms with van der Waals surface area (Å²) >= 11 is 7.77. The molecule has 0 bridgehead atoms. The molecule has 0 aliphatic carbocycles. The minimum Gasteiger partial charge on any atom is -0.357 e. The van der Waals surface area contributed by atoms with Crippen molar-refractivity contribution >= 4 is 39.0 Å². The number of alkyl halides is 1. The van der Waals surface area contributed by atoms with Crippen LogP contribution in [0.2, 0.25) is 0 Å². The first-order valence-corrected chi connectivity index (χ1v) is 7.88. The number of aromatic nitrogens is 1. The van der Waals surface area contributed by atoms with Gasteiger partial charge in [0.15, 0.2) is 0 Å². The number of benzene rings is 1. The van der Waals surface area contributed by atoms with Gasteiger partial charge in [0.1, 0.15) is 5.00 Å². The molecule has 0 N–H and O–H groups in total. The predicted molar refractivity (Wildman–Crippen MR) is 79.9 cm³/mol. The highest BCUT2D eigenvalue weighted by Gasteiger charge is 2.23. The third-order valence-corrected chi connectivity index (χ3v) is 4.95. The second-order valence-corrected chi connectivity index (χ2v) is 5.92. The SMILES string of the molecule is ClCC1CCCCCN1c1snc2ccccc12. The quantitative estimate of drug-likeness (QED) is 0.763. The van der Waals surface area contributed by atoms with E-state index in [1.165, 1.54) is 36.1 Å². The molecule has 4 heteroatoms. The van der Waals surface area contributed by atoms with E-state index in [1.807, 2.05) is 6.07 Å². The standard InChI is InChI=1S/C14H17ClN2S/c15-10-11-6-2-1-5-9-17(11)14-12-7-3-4-8-13(12)16-18-14/h3-4,7-8,11H,1-2,5-6,9-10H2. The minimum absolute atomic E-state index is 0.470. The molecule has 0 saturated carbocycles. The van der Waals surface area contributed by atoms with Crippen LogP contribution in [0.3, 0.4) is 0 Å². The fourth-order valence-electron chi connectivity index (χ4n) is 2.69. The van der Waals surface area contributed by atoms with Gasteiger partial charge in [0.2, 0.25) is 0 Å². The fourth-order valence-corrected chi connectivity index (χ4v) is 3.97. The summed E-state index contributed by atoms with van der Waals surface area (Å²) in [4.78, 5) is 2.49. The number of fused-ring (bicyclic) bond motifs is 1. The number of rotatable bonds is 2. The van der Waals surface area contributed by atoms with Crippen molar-refractivity contribution in [3.63, 3.8) is 0 Å². The van der Waals surface area contributed by atoms with Gasteiger partial charge in [0.05, 0.1) is 5.52 Å². The summed E-state index contributed by atoms with van der Waals surface area (Å²) in [6, 6.07) is 8.87. The molecule has 2 nitrogen and oxygen atoms in total. The largest absolute Gasteiger partial charge is 0.357 e. The zero-order chi connectivity index (χ0) is 12.4. The van der Waals surface area contributed by atoms with Crippen molar-refractivity contribution in [3.8, 4) is 0 Å². The van der Waals surface area contributed by atoms with E-state index in [0.717, 1.165) is 12.1 Å². The van der Waals surface area contributed by atoms with E-state index in [1.54, 1.807) is 11.5 Å². The summed E-state index contributed by atoms with van der Waals surface area (Å²) < 4.78 is 4.55. The first-order valence-electron chi connectivity index (χ1n) is 6.57. The van der Waals surface area contributed by atoms with Crippen molar-refractivity contribution in [2.45, 2.75) is 31.7 Å². The monoisotopic (exact) mass is 280 g/mol. The van der Waals surface area contributed by atoms with Gasteiger partial charge in [0.25, 0.3) is 0 Å². The third kappa shape index (κ3) is 2.21. The lowest BCUT2D eigenvalue weighted by molar-refractivity contribution is 0.625. The van der Waals surface area contributed by atoms with Crippen LogP contribution in [0.15, 0.2) is 24.3 Å². The third-order valence-electron chi connectivity index (χ3n) is 3.68. The van der Waals surface area contributed by atoms with Gasteiger partial charge in [-0.15, -0.1) is 11.6 Å². The average molecular weight is 281 g/mol. The average Bonchev–Trinajstić information content (AvgIpc) is 2.69. The van der Waals surface area contributed by atoms with Crippen LogP contribution in [0, 0.1) is 0 Å². The molecule has 1 atom stereocenters. The molecule has 3 rings (SSSR count). The smallest absolute Gasteiger partial charge is 0.120 e. The number of halogens is 1. The number of hydrogen-bond donors (Lipinski definition) is 0. The molecule has 1 fully saturated rings. The summed E-state index contributed by atoms with van der Waals surface area (Å²) in [5.74, 6) is 0.715. The number of nitrogens with zero attached hydrogens (tertiary/aromatic N) is 2. The molecule has 0 radical (unpaired) electrons. The maximum absolute atomic E-state index is 6.16. The normalized spacial score (nSPS) is 21.2. The van der Waals surface area contributed by atoms with Gasteiger partial charge < -0.3 is 4.90 Å². The maximum Gasteiger partial charge on any atom is 0.120 e. The number of anilines is 1. The van der Waals surface area contributed by atoms with Gasteiger partial charge in [-0.05, 0) is 36.5 Å². The van der Waals surface area contributed by atoms with Crippen LogP contribution in [0.4, 0.5) is 5.00 Å². The lowest BCUT2D eigenvalue weighted by atomic mass is 10.1. The Morgan fingerprint density at radius 1 is 1.28 bits per heavy atom. The van der Waals surface area contributed by atoms with Crippen molar-refractivity contribution < 1.29 is 0 Å². The lowest BCUT2D eigenvalue weighted by Gasteiger charge is -2.29. The molecule has 1 unspecified atom stereocenters. The van der Waals surface area contributed by atoms with Crippen molar-refractivity contribution in [3.05, 3.63) is 24.3 Å². The Bertz CT molecular complexity index is 525. The summed E-state index contributed by atoms with van der Waals surface area (Å²) in [5, 5.41) is 2.58. The molecule has 0 amide bonds. The molecule has 1 aromatic heterocycles. The van der Waals surface area contributed by atoms with Crippen LogP contribution >= 0.6 is 23.1 Å². The first kappa shape index (κ1) is 12.2. The van der Waals surface area contributed by atoms with Gasteiger partial charge in [-0.25, -0.2) is 0 Å². The van der Waals surface area contributed by atoms with Crippen molar-refractivity contribution in [1.29, 1.82) is 0 Å². The van der Waals surface area contributed by atoms with E-state index in [9.17, 15) is 0 Å². The fraction of sp³-hybridized carbons (Fsp3) is 0.500. The van der Waals surface area contributed by atoms with Gasteiger partial charge >= 0.3 is 0 Å². The molecular formula is C14H17ClN2S. The second-order valence-electron chi connectivity index (χ2n) is 4.86. The Kier molecular flexibility index (Phi) is 3.71. The van der Waals surface area contributed by atoms with E-state index in [-0.39, 0.29) is 0 Å². The zero-order valence-corrected chi connectivity index (χ0v) is 11.9. The highest BCUT2D eigenvalue weighted by atomic mass is 35.5. The van der Waals surface area contributed by atoms with Gasteiger partial charge in [-0.1, -0.05) is 25.0 Å². The summed E-state index contributed by atoms with van der Waals surface area (Å²) in [6.45, 7) is 1.11. The van der Waals surface area contributed by atoms with Crippen LogP contribution in [0.25, 0.3) is 10.9 Å². The van der Waals surface area contributed by atoms with Gasteiger partial charge in [-0.2, -0.15) is 4.37 Å². The Labute approximate surface area is 117 Å². The summed E-state index contributed by atoms with van der Waals surface area (Å²) in [7, 11) is 0. The van der Waals surface area contributed by atoms with E-state index >= 15 is 0 Å². The van der Waals surface area contributed by atoms with E-state index in [4.69, 9.17) is 11.6 Å². The highest BCUT2D eigenvalue weighted by molar-refractivity contribution is 7.11. The number of hydrogen-bond acceptors (Lipinski definition) is 3. The van der Waals surface area contributed by atoms with Crippen molar-refractivity contribution in [1.82, 2.24) is 4.37 Å². The summed E-state index contributed by atoms with van der Waals surface area (Å²) in [5.41, 5.74) is 1.11. The Hall–Kier alpha value is -0.800. The molecule has 2 heterocycles. The first-order chi connectivity index (χ1) is 8.90. The van der Waals surface area contributed by atoms with E-state index in [0.29, 0.717) is 11.9 Å². The Balaban J connectivity index is 2.00. The Morgan fingerprint density at radius 2 is 2.17 bits per heavy atom. The van der Waals surface area contributed by atoms with Crippen molar-refractivity contribution in [2.24, 2.45) is 0 Å². The highest BCUT2D eigenvalue weighted by Crippen LogP contribution is 2.34. The maximum atomic E-state index is 6.16. The van der Waals surface area contributed by atoms with Crippen LogP contribution < -0.4 is 4.90 Å². The molecule has 18 heavy (non-hydrogen) atoms. The topological polar surface area (TPSA) is 16.1 Å². The molecular weight excluding hydrogens is 264 g/mol. The Morgan fingerprint density at radius 3 is 3.06 bits per heavy atom. The molecule has 1 saturated heterocycles. The van der Waals surface area contributed by atoms with Crippen LogP contribution in [-0.2, 0) is 0 Å². The summed E-state index contributed by atoms with van der Waals surface area (Å²) in [6.07, 6.45) is 5.08. The molecule has 1 aromatic carbocycles. The van der Waals surface area contributed by atoms with Crippen LogP contribution in [-0.4, -0.2) is 22.8 Å². The predicted octanol–water partition coefficient (Wildman–Crippen LogP) is 4.28. The minimum atomic E-state index is 0.470. The molecule has 96 valence electrons. The second kappa shape index (κ2) is 5.45.